The second kappa shape index (κ2) is 9.43. The molecule has 7 nitrogen and oxygen atoms in total. The van der Waals surface area contributed by atoms with Crippen molar-refractivity contribution < 1.29 is 19.1 Å². The van der Waals surface area contributed by atoms with Gasteiger partial charge >= 0.3 is 0 Å². The Morgan fingerprint density at radius 1 is 1.07 bits per heavy atom. The highest BCUT2D eigenvalue weighted by Gasteiger charge is 2.34. The Morgan fingerprint density at radius 2 is 1.72 bits per heavy atom. The van der Waals surface area contributed by atoms with Crippen LogP contribution in [-0.2, 0) is 9.59 Å². The molecule has 1 aliphatic rings. The van der Waals surface area contributed by atoms with Gasteiger partial charge in [0.15, 0.2) is 0 Å². The van der Waals surface area contributed by atoms with E-state index in [9.17, 15) is 14.4 Å². The van der Waals surface area contributed by atoms with E-state index in [2.05, 4.69) is 10.6 Å². The van der Waals surface area contributed by atoms with E-state index in [1.54, 1.807) is 60.5 Å². The van der Waals surface area contributed by atoms with Crippen LogP contribution in [0.25, 0.3) is 0 Å². The standard InChI is InChI=1S/C21H22ClN3O4/c1-29-18-8-6-17(7-9-18)25-13-15(12-19(25)26)21(28)24-11-10-23-20(27)14-2-4-16(22)5-3-14/h2-9,15H,10-13H2,1H3,(H,23,27)(H,24,28). The molecule has 1 unspecified atom stereocenters. The van der Waals surface area contributed by atoms with E-state index in [4.69, 9.17) is 16.3 Å². The number of halogens is 1. The molecule has 2 aromatic carbocycles. The van der Waals surface area contributed by atoms with Crippen molar-refractivity contribution in [2.24, 2.45) is 5.92 Å². The highest BCUT2D eigenvalue weighted by molar-refractivity contribution is 6.30. The number of hydrogen-bond acceptors (Lipinski definition) is 4. The number of hydrogen-bond donors (Lipinski definition) is 2. The summed E-state index contributed by atoms with van der Waals surface area (Å²) < 4.78 is 5.12. The molecule has 1 aliphatic heterocycles. The summed E-state index contributed by atoms with van der Waals surface area (Å²) in [4.78, 5) is 38.3. The largest absolute Gasteiger partial charge is 0.497 e. The first-order chi connectivity index (χ1) is 14.0. The van der Waals surface area contributed by atoms with Crippen LogP contribution in [0.1, 0.15) is 16.8 Å². The maximum absolute atomic E-state index is 12.4. The van der Waals surface area contributed by atoms with Crippen molar-refractivity contribution >= 4 is 35.0 Å². The predicted octanol–water partition coefficient (Wildman–Crippen LogP) is 2.25. The number of carbonyl (C=O) groups is 3. The van der Waals surface area contributed by atoms with Crippen molar-refractivity contribution in [1.29, 1.82) is 0 Å². The summed E-state index contributed by atoms with van der Waals surface area (Å²) in [6.45, 7) is 0.898. The van der Waals surface area contributed by atoms with E-state index >= 15 is 0 Å². The topological polar surface area (TPSA) is 87.7 Å². The molecule has 152 valence electrons. The normalized spacial score (nSPS) is 15.9. The molecule has 2 aromatic rings. The first-order valence-electron chi connectivity index (χ1n) is 9.24. The summed E-state index contributed by atoms with van der Waals surface area (Å²) in [5, 5.41) is 6.07. The molecule has 0 aromatic heterocycles. The molecule has 0 spiro atoms. The number of ether oxygens (including phenoxy) is 1. The van der Waals surface area contributed by atoms with E-state index in [1.807, 2.05) is 0 Å². The number of benzene rings is 2. The smallest absolute Gasteiger partial charge is 0.251 e. The summed E-state index contributed by atoms with van der Waals surface area (Å²) in [5.74, 6) is -0.244. The molecule has 2 N–H and O–H groups in total. The van der Waals surface area contributed by atoms with Crippen molar-refractivity contribution in [3.63, 3.8) is 0 Å². The molecule has 0 aliphatic carbocycles. The van der Waals surface area contributed by atoms with Crippen LogP contribution in [0, 0.1) is 5.92 Å². The van der Waals surface area contributed by atoms with Gasteiger partial charge in [-0.3, -0.25) is 14.4 Å². The van der Waals surface area contributed by atoms with Gasteiger partial charge in [-0.05, 0) is 48.5 Å². The van der Waals surface area contributed by atoms with Crippen LogP contribution in [-0.4, -0.2) is 44.5 Å². The molecule has 0 radical (unpaired) electrons. The Bertz CT molecular complexity index is 884. The van der Waals surface area contributed by atoms with E-state index in [0.29, 0.717) is 22.9 Å². The van der Waals surface area contributed by atoms with Gasteiger partial charge in [-0.25, -0.2) is 0 Å². The van der Waals surface area contributed by atoms with Gasteiger partial charge in [0, 0.05) is 42.3 Å². The fourth-order valence-electron chi connectivity index (χ4n) is 3.10. The van der Waals surface area contributed by atoms with Gasteiger partial charge in [-0.1, -0.05) is 11.6 Å². The van der Waals surface area contributed by atoms with Gasteiger partial charge in [0.1, 0.15) is 5.75 Å². The van der Waals surface area contributed by atoms with Gasteiger partial charge < -0.3 is 20.3 Å². The molecule has 29 heavy (non-hydrogen) atoms. The maximum Gasteiger partial charge on any atom is 0.251 e. The van der Waals surface area contributed by atoms with Crippen LogP contribution in [0.2, 0.25) is 5.02 Å². The van der Waals surface area contributed by atoms with Gasteiger partial charge in [0.25, 0.3) is 5.91 Å². The monoisotopic (exact) mass is 415 g/mol. The molecular formula is C21H22ClN3O4. The Labute approximate surface area is 174 Å². The van der Waals surface area contributed by atoms with Crippen molar-refractivity contribution in [3.05, 3.63) is 59.1 Å². The van der Waals surface area contributed by atoms with Gasteiger partial charge in [0.2, 0.25) is 11.8 Å². The predicted molar refractivity (Wildman–Crippen MR) is 110 cm³/mol. The zero-order chi connectivity index (χ0) is 20.8. The molecule has 1 saturated heterocycles. The van der Waals surface area contributed by atoms with Crippen molar-refractivity contribution in [1.82, 2.24) is 10.6 Å². The van der Waals surface area contributed by atoms with Crippen LogP contribution in [0.3, 0.4) is 0 Å². The van der Waals surface area contributed by atoms with Gasteiger partial charge in [-0.2, -0.15) is 0 Å². The highest BCUT2D eigenvalue weighted by atomic mass is 35.5. The molecule has 3 rings (SSSR count). The second-order valence-electron chi connectivity index (χ2n) is 6.66. The first kappa shape index (κ1) is 20.7. The second-order valence-corrected chi connectivity index (χ2v) is 7.09. The third-order valence-corrected chi connectivity index (χ3v) is 4.95. The maximum atomic E-state index is 12.4. The number of anilines is 1. The number of rotatable bonds is 7. The summed E-state index contributed by atoms with van der Waals surface area (Å²) in [6.07, 6.45) is 0.162. The third kappa shape index (κ3) is 5.26. The van der Waals surface area contributed by atoms with Crippen molar-refractivity contribution in [2.75, 3.05) is 31.6 Å². The molecule has 0 saturated carbocycles. The molecular weight excluding hydrogens is 394 g/mol. The molecule has 1 heterocycles. The highest BCUT2D eigenvalue weighted by Crippen LogP contribution is 2.26. The van der Waals surface area contributed by atoms with Crippen LogP contribution in [0.15, 0.2) is 48.5 Å². The van der Waals surface area contributed by atoms with Crippen LogP contribution < -0.4 is 20.3 Å². The third-order valence-electron chi connectivity index (χ3n) is 4.70. The van der Waals surface area contributed by atoms with Gasteiger partial charge in [-0.15, -0.1) is 0 Å². The number of nitrogens with one attached hydrogen (secondary N) is 2. The lowest BCUT2D eigenvalue weighted by Crippen LogP contribution is -2.38. The lowest BCUT2D eigenvalue weighted by Gasteiger charge is -2.17. The van der Waals surface area contributed by atoms with Gasteiger partial charge in [0.05, 0.1) is 13.0 Å². The number of amides is 3. The quantitative estimate of drug-likeness (QED) is 0.679. The Morgan fingerprint density at radius 3 is 2.38 bits per heavy atom. The molecule has 3 amide bonds. The minimum absolute atomic E-state index is 0.0913. The van der Waals surface area contributed by atoms with Crippen LogP contribution in [0.5, 0.6) is 5.75 Å². The van der Waals surface area contributed by atoms with E-state index in [0.717, 1.165) is 5.69 Å². The summed E-state index contributed by atoms with van der Waals surface area (Å²) >= 11 is 5.80. The van der Waals surface area contributed by atoms with Crippen LogP contribution in [0.4, 0.5) is 5.69 Å². The molecule has 0 bridgehead atoms. The van der Waals surface area contributed by atoms with E-state index in [-0.39, 0.29) is 37.2 Å². The fraction of sp³-hybridized carbons (Fsp3) is 0.286. The summed E-state index contributed by atoms with van der Waals surface area (Å²) in [5.41, 5.74) is 1.23. The first-order valence-corrected chi connectivity index (χ1v) is 9.61. The fourth-order valence-corrected chi connectivity index (χ4v) is 3.23. The average Bonchev–Trinajstić information content (AvgIpc) is 3.13. The zero-order valence-electron chi connectivity index (χ0n) is 16.0. The summed E-state index contributed by atoms with van der Waals surface area (Å²) in [6, 6.07) is 13.7. The van der Waals surface area contributed by atoms with Crippen LogP contribution >= 0.6 is 11.6 Å². The Hall–Kier alpha value is -3.06. The van der Waals surface area contributed by atoms with Crippen molar-refractivity contribution in [2.45, 2.75) is 6.42 Å². The summed E-state index contributed by atoms with van der Waals surface area (Å²) in [7, 11) is 1.58. The number of methoxy groups -OCH3 is 1. The Balaban J connectivity index is 1.44. The number of carbonyl (C=O) groups excluding carboxylic acids is 3. The minimum Gasteiger partial charge on any atom is -0.497 e. The zero-order valence-corrected chi connectivity index (χ0v) is 16.7. The molecule has 8 heteroatoms. The SMILES string of the molecule is COc1ccc(N2CC(C(=O)NCCNC(=O)c3ccc(Cl)cc3)CC2=O)cc1. The minimum atomic E-state index is -0.420. The van der Waals surface area contributed by atoms with E-state index in [1.165, 1.54) is 0 Å². The lowest BCUT2D eigenvalue weighted by atomic mass is 10.1. The molecule has 1 fully saturated rings. The molecule has 1 atom stereocenters. The lowest BCUT2D eigenvalue weighted by molar-refractivity contribution is -0.126. The van der Waals surface area contributed by atoms with E-state index < -0.39 is 5.92 Å². The number of nitrogens with zero attached hydrogens (tertiary/aromatic N) is 1. The van der Waals surface area contributed by atoms with Crippen molar-refractivity contribution in [3.8, 4) is 5.75 Å². The Kier molecular flexibility index (Phi) is 6.72. The average molecular weight is 416 g/mol.